The molecule has 0 aromatic carbocycles. The van der Waals surface area contributed by atoms with Crippen molar-refractivity contribution >= 4 is 0 Å². The normalized spacial score (nSPS) is 23.2. The Kier molecular flexibility index (Phi) is 4.43. The fourth-order valence-corrected chi connectivity index (χ4v) is 3.96. The molecule has 2 heterocycles. The quantitative estimate of drug-likeness (QED) is 0.938. The molecule has 5 heteroatoms. The number of hydrogen-bond donors (Lipinski definition) is 1. The standard InChI is InChI=1S/C19H24N4O/c24-19-12-15-2-1-3-18(15)22-23(19)17-6-4-16(5-7-17)21-13-14-8-10-20-11-9-14/h8-12,16-17,21H,1-7,13H2. The van der Waals surface area contributed by atoms with Crippen LogP contribution in [-0.2, 0) is 19.4 Å². The summed E-state index contributed by atoms with van der Waals surface area (Å²) in [6.45, 7) is 0.884. The topological polar surface area (TPSA) is 59.8 Å². The number of pyridine rings is 1. The maximum absolute atomic E-state index is 12.3. The van der Waals surface area contributed by atoms with Gasteiger partial charge in [-0.2, -0.15) is 5.10 Å². The van der Waals surface area contributed by atoms with Gasteiger partial charge in [0.25, 0.3) is 5.56 Å². The molecule has 0 saturated heterocycles. The average Bonchev–Trinajstić information content (AvgIpc) is 3.08. The zero-order valence-corrected chi connectivity index (χ0v) is 13.9. The van der Waals surface area contributed by atoms with Gasteiger partial charge >= 0.3 is 0 Å². The highest BCUT2D eigenvalue weighted by Crippen LogP contribution is 2.28. The van der Waals surface area contributed by atoms with Gasteiger partial charge in [-0.05, 0) is 68.2 Å². The molecule has 0 aliphatic heterocycles. The number of nitrogens with one attached hydrogen (secondary N) is 1. The van der Waals surface area contributed by atoms with E-state index in [1.54, 1.807) is 4.68 Å². The summed E-state index contributed by atoms with van der Waals surface area (Å²) >= 11 is 0. The summed E-state index contributed by atoms with van der Waals surface area (Å²) in [5, 5.41) is 8.30. The van der Waals surface area contributed by atoms with Crippen LogP contribution in [0.15, 0.2) is 35.4 Å². The van der Waals surface area contributed by atoms with Gasteiger partial charge in [0.05, 0.1) is 11.7 Å². The number of rotatable bonds is 4. The van der Waals surface area contributed by atoms with Crippen molar-refractivity contribution in [3.63, 3.8) is 0 Å². The molecule has 5 nitrogen and oxygen atoms in total. The summed E-state index contributed by atoms with van der Waals surface area (Å²) in [4.78, 5) is 16.4. The Labute approximate surface area is 142 Å². The lowest BCUT2D eigenvalue weighted by Gasteiger charge is -2.30. The second kappa shape index (κ2) is 6.85. The van der Waals surface area contributed by atoms with Crippen LogP contribution in [0.2, 0.25) is 0 Å². The third-order valence-corrected chi connectivity index (χ3v) is 5.37. The second-order valence-corrected chi connectivity index (χ2v) is 6.99. The molecule has 0 unspecified atom stereocenters. The molecule has 1 saturated carbocycles. The highest BCUT2D eigenvalue weighted by molar-refractivity contribution is 5.22. The first-order valence-electron chi connectivity index (χ1n) is 9.03. The monoisotopic (exact) mass is 324 g/mol. The van der Waals surface area contributed by atoms with Gasteiger partial charge in [-0.1, -0.05) is 0 Å². The van der Waals surface area contributed by atoms with E-state index in [-0.39, 0.29) is 11.6 Å². The molecule has 0 amide bonds. The summed E-state index contributed by atoms with van der Waals surface area (Å²) in [5.41, 5.74) is 3.67. The zero-order chi connectivity index (χ0) is 16.4. The van der Waals surface area contributed by atoms with E-state index in [1.165, 1.54) is 11.1 Å². The first-order chi connectivity index (χ1) is 11.8. The third-order valence-electron chi connectivity index (χ3n) is 5.37. The molecule has 1 fully saturated rings. The Balaban J connectivity index is 1.35. The second-order valence-electron chi connectivity index (χ2n) is 6.99. The molecular formula is C19H24N4O. The highest BCUT2D eigenvalue weighted by atomic mass is 16.1. The van der Waals surface area contributed by atoms with Crippen LogP contribution in [0.25, 0.3) is 0 Å². The molecule has 0 radical (unpaired) electrons. The zero-order valence-electron chi connectivity index (χ0n) is 13.9. The lowest BCUT2D eigenvalue weighted by Crippen LogP contribution is -2.36. The summed E-state index contributed by atoms with van der Waals surface area (Å²) in [5.74, 6) is 0. The van der Waals surface area contributed by atoms with E-state index in [9.17, 15) is 4.79 Å². The Hall–Kier alpha value is -2.01. The minimum atomic E-state index is 0.0869. The largest absolute Gasteiger partial charge is 0.310 e. The van der Waals surface area contributed by atoms with Crippen LogP contribution in [0.3, 0.4) is 0 Å². The lowest BCUT2D eigenvalue weighted by molar-refractivity contribution is 0.267. The van der Waals surface area contributed by atoms with Crippen LogP contribution >= 0.6 is 0 Å². The average molecular weight is 324 g/mol. The maximum Gasteiger partial charge on any atom is 0.267 e. The van der Waals surface area contributed by atoms with Gasteiger partial charge in [0.1, 0.15) is 0 Å². The summed E-state index contributed by atoms with van der Waals surface area (Å²) in [7, 11) is 0. The van der Waals surface area contributed by atoms with Gasteiger partial charge in [0, 0.05) is 31.0 Å². The minimum absolute atomic E-state index is 0.0869. The van der Waals surface area contributed by atoms with Crippen LogP contribution in [0.4, 0.5) is 0 Å². The van der Waals surface area contributed by atoms with Crippen LogP contribution in [0.5, 0.6) is 0 Å². The van der Waals surface area contributed by atoms with Crippen LogP contribution in [-0.4, -0.2) is 20.8 Å². The summed E-state index contributed by atoms with van der Waals surface area (Å²) in [6, 6.07) is 6.71. The minimum Gasteiger partial charge on any atom is -0.310 e. The summed E-state index contributed by atoms with van der Waals surface area (Å²) in [6.07, 6.45) is 11.1. The van der Waals surface area contributed by atoms with Crippen LogP contribution < -0.4 is 10.9 Å². The smallest absolute Gasteiger partial charge is 0.267 e. The number of nitrogens with zero attached hydrogens (tertiary/aromatic N) is 3. The van der Waals surface area contributed by atoms with Crippen molar-refractivity contribution in [1.29, 1.82) is 0 Å². The molecule has 2 aliphatic rings. The first kappa shape index (κ1) is 15.5. The van der Waals surface area contributed by atoms with Crippen molar-refractivity contribution in [3.8, 4) is 0 Å². The Bertz CT molecular complexity index is 748. The number of aryl methyl sites for hydroxylation is 2. The molecule has 126 valence electrons. The Morgan fingerprint density at radius 3 is 2.71 bits per heavy atom. The highest BCUT2D eigenvalue weighted by Gasteiger charge is 2.25. The van der Waals surface area contributed by atoms with E-state index < -0.39 is 0 Å². The number of hydrogen-bond acceptors (Lipinski definition) is 4. The van der Waals surface area contributed by atoms with Crippen molar-refractivity contribution < 1.29 is 0 Å². The van der Waals surface area contributed by atoms with E-state index in [0.29, 0.717) is 6.04 Å². The SMILES string of the molecule is O=c1cc2c(nn1C1CCC(NCc3ccncc3)CC1)CCC2. The molecule has 2 aromatic rings. The predicted molar refractivity (Wildman–Crippen MR) is 92.9 cm³/mol. The van der Waals surface area contributed by atoms with Gasteiger partial charge < -0.3 is 5.32 Å². The van der Waals surface area contributed by atoms with Gasteiger partial charge in [-0.25, -0.2) is 4.68 Å². The third kappa shape index (κ3) is 3.26. The van der Waals surface area contributed by atoms with E-state index in [0.717, 1.165) is 57.2 Å². The molecule has 24 heavy (non-hydrogen) atoms. The van der Waals surface area contributed by atoms with Crippen LogP contribution in [0, 0.1) is 0 Å². The van der Waals surface area contributed by atoms with E-state index in [2.05, 4.69) is 15.4 Å². The van der Waals surface area contributed by atoms with Gasteiger partial charge in [-0.3, -0.25) is 9.78 Å². The Morgan fingerprint density at radius 2 is 1.92 bits per heavy atom. The molecule has 1 N–H and O–H groups in total. The van der Waals surface area contributed by atoms with Gasteiger partial charge in [0.15, 0.2) is 0 Å². The first-order valence-corrected chi connectivity index (χ1v) is 9.03. The molecule has 2 aliphatic carbocycles. The van der Waals surface area contributed by atoms with Crippen LogP contribution in [0.1, 0.15) is 55.0 Å². The van der Waals surface area contributed by atoms with Crippen molar-refractivity contribution in [1.82, 2.24) is 20.1 Å². The van der Waals surface area contributed by atoms with Gasteiger partial charge in [0.2, 0.25) is 0 Å². The Morgan fingerprint density at radius 1 is 1.12 bits per heavy atom. The van der Waals surface area contributed by atoms with Gasteiger partial charge in [-0.15, -0.1) is 0 Å². The lowest BCUT2D eigenvalue weighted by atomic mass is 9.91. The predicted octanol–water partition coefficient (Wildman–Crippen LogP) is 2.40. The fraction of sp³-hybridized carbons (Fsp3) is 0.526. The fourth-order valence-electron chi connectivity index (χ4n) is 3.96. The summed E-state index contributed by atoms with van der Waals surface area (Å²) < 4.78 is 1.77. The van der Waals surface area contributed by atoms with E-state index >= 15 is 0 Å². The number of fused-ring (bicyclic) bond motifs is 1. The maximum atomic E-state index is 12.3. The van der Waals surface area contributed by atoms with Crippen molar-refractivity contribution in [2.75, 3.05) is 0 Å². The number of aromatic nitrogens is 3. The van der Waals surface area contributed by atoms with Crippen molar-refractivity contribution in [3.05, 3.63) is 57.8 Å². The molecule has 2 aromatic heterocycles. The van der Waals surface area contributed by atoms with E-state index in [4.69, 9.17) is 0 Å². The molecule has 0 atom stereocenters. The molecular weight excluding hydrogens is 300 g/mol. The van der Waals surface area contributed by atoms with Crippen molar-refractivity contribution in [2.24, 2.45) is 0 Å². The molecule has 0 bridgehead atoms. The molecule has 4 rings (SSSR count). The molecule has 0 spiro atoms. The van der Waals surface area contributed by atoms with Crippen molar-refractivity contribution in [2.45, 2.75) is 63.6 Å². The van der Waals surface area contributed by atoms with E-state index in [1.807, 2.05) is 30.6 Å².